The Kier molecular flexibility index (Phi) is 6.30. The molecule has 0 saturated heterocycles. The van der Waals surface area contributed by atoms with Gasteiger partial charge in [0.25, 0.3) is 5.91 Å². The molecule has 134 valence electrons. The van der Waals surface area contributed by atoms with Crippen LogP contribution in [0.15, 0.2) is 28.7 Å². The summed E-state index contributed by atoms with van der Waals surface area (Å²) >= 11 is 3.38. The minimum Gasteiger partial charge on any atom is -0.469 e. The van der Waals surface area contributed by atoms with E-state index in [1.54, 1.807) is 0 Å². The second-order valence-electron chi connectivity index (χ2n) is 5.81. The van der Waals surface area contributed by atoms with Crippen LogP contribution in [-0.2, 0) is 9.53 Å². The molecule has 1 aromatic carbocycles. The van der Waals surface area contributed by atoms with Crippen molar-refractivity contribution in [2.75, 3.05) is 7.11 Å². The van der Waals surface area contributed by atoms with E-state index in [9.17, 15) is 14.0 Å². The van der Waals surface area contributed by atoms with E-state index >= 15 is 0 Å². The molecule has 8 heteroatoms. The maximum absolute atomic E-state index is 13.1. The number of nitrogens with one attached hydrogen (secondary N) is 2. The van der Waals surface area contributed by atoms with Crippen molar-refractivity contribution < 1.29 is 18.7 Å². The number of methoxy groups -OCH3 is 1. The highest BCUT2D eigenvalue weighted by Crippen LogP contribution is 2.26. The lowest BCUT2D eigenvalue weighted by atomic mass is 10.0. The van der Waals surface area contributed by atoms with Gasteiger partial charge in [-0.2, -0.15) is 5.10 Å². The second-order valence-corrected chi connectivity index (χ2v) is 6.61. The number of nitrogens with zero attached hydrogens (tertiary/aromatic N) is 1. The average Bonchev–Trinajstić information content (AvgIpc) is 2.96. The van der Waals surface area contributed by atoms with Gasteiger partial charge in [-0.25, -0.2) is 4.39 Å². The molecule has 1 heterocycles. The predicted octanol–water partition coefficient (Wildman–Crippen LogP) is 3.47. The van der Waals surface area contributed by atoms with Gasteiger partial charge in [-0.3, -0.25) is 14.7 Å². The van der Waals surface area contributed by atoms with Crippen molar-refractivity contribution >= 4 is 27.8 Å². The summed E-state index contributed by atoms with van der Waals surface area (Å²) in [5.74, 6) is -1.18. The third-order valence-electron chi connectivity index (χ3n) is 3.70. The molecule has 1 aromatic heterocycles. The van der Waals surface area contributed by atoms with Gasteiger partial charge in [0.2, 0.25) is 0 Å². The molecule has 0 aliphatic carbocycles. The van der Waals surface area contributed by atoms with E-state index in [-0.39, 0.29) is 18.0 Å². The standard InChI is InChI=1S/C17H19BrFN3O3/c1-9(2)15-14(18)16(22-21-15)17(24)20-12(8-13(23)25-3)10-4-6-11(19)7-5-10/h4-7,9,12H,8H2,1-3H3,(H,20,24)(H,21,22). The van der Waals surface area contributed by atoms with Gasteiger partial charge in [0, 0.05) is 0 Å². The van der Waals surface area contributed by atoms with Crippen LogP contribution in [0, 0.1) is 5.82 Å². The van der Waals surface area contributed by atoms with Crippen molar-refractivity contribution in [2.24, 2.45) is 0 Å². The normalized spacial score (nSPS) is 12.1. The number of benzene rings is 1. The molecule has 2 aromatic rings. The fourth-order valence-corrected chi connectivity index (χ4v) is 3.11. The first kappa shape index (κ1) is 19.1. The Morgan fingerprint density at radius 3 is 2.48 bits per heavy atom. The predicted molar refractivity (Wildman–Crippen MR) is 93.6 cm³/mol. The Hall–Kier alpha value is -2.22. The first-order valence-electron chi connectivity index (χ1n) is 7.70. The monoisotopic (exact) mass is 411 g/mol. The van der Waals surface area contributed by atoms with Gasteiger partial charge < -0.3 is 10.1 Å². The number of hydrogen-bond donors (Lipinski definition) is 2. The molecule has 1 amide bonds. The Bertz CT molecular complexity index is 759. The van der Waals surface area contributed by atoms with Gasteiger partial charge in [-0.15, -0.1) is 0 Å². The van der Waals surface area contributed by atoms with E-state index in [2.05, 4.69) is 36.2 Å². The van der Waals surface area contributed by atoms with E-state index in [0.717, 1.165) is 5.69 Å². The maximum Gasteiger partial charge on any atom is 0.307 e. The largest absolute Gasteiger partial charge is 0.469 e. The zero-order chi connectivity index (χ0) is 18.6. The van der Waals surface area contributed by atoms with Crippen molar-refractivity contribution in [1.29, 1.82) is 0 Å². The van der Waals surface area contributed by atoms with Crippen LogP contribution in [0.25, 0.3) is 0 Å². The third kappa shape index (κ3) is 4.66. The van der Waals surface area contributed by atoms with E-state index in [1.807, 2.05) is 13.8 Å². The minimum atomic E-state index is -0.661. The van der Waals surface area contributed by atoms with Gasteiger partial charge in [-0.05, 0) is 39.5 Å². The summed E-state index contributed by atoms with van der Waals surface area (Å²) in [4.78, 5) is 24.2. The molecule has 0 fully saturated rings. The molecule has 0 saturated carbocycles. The first-order chi connectivity index (χ1) is 11.8. The van der Waals surface area contributed by atoms with Crippen molar-refractivity contribution in [2.45, 2.75) is 32.2 Å². The van der Waals surface area contributed by atoms with Gasteiger partial charge in [0.05, 0.1) is 29.7 Å². The Balaban J connectivity index is 2.25. The zero-order valence-electron chi connectivity index (χ0n) is 14.1. The molecule has 0 aliphatic rings. The molecule has 0 bridgehead atoms. The zero-order valence-corrected chi connectivity index (χ0v) is 15.7. The van der Waals surface area contributed by atoms with Gasteiger partial charge in [0.1, 0.15) is 5.82 Å². The number of H-pyrrole nitrogens is 1. The van der Waals surface area contributed by atoms with E-state index in [0.29, 0.717) is 10.0 Å². The number of hydrogen-bond acceptors (Lipinski definition) is 4. The fraction of sp³-hybridized carbons (Fsp3) is 0.353. The molecular formula is C17H19BrFN3O3. The number of ether oxygens (including phenoxy) is 1. The Morgan fingerprint density at radius 2 is 1.96 bits per heavy atom. The number of amides is 1. The number of rotatable bonds is 6. The number of esters is 1. The number of aromatic nitrogens is 2. The molecule has 1 atom stereocenters. The van der Waals surface area contributed by atoms with Crippen LogP contribution in [0.1, 0.15) is 54.0 Å². The van der Waals surface area contributed by atoms with Crippen molar-refractivity contribution in [3.8, 4) is 0 Å². The van der Waals surface area contributed by atoms with E-state index in [1.165, 1.54) is 31.4 Å². The summed E-state index contributed by atoms with van der Waals surface area (Å²) in [7, 11) is 1.27. The van der Waals surface area contributed by atoms with Crippen molar-refractivity contribution in [3.63, 3.8) is 0 Å². The van der Waals surface area contributed by atoms with Crippen LogP contribution in [0.4, 0.5) is 4.39 Å². The molecule has 2 rings (SSSR count). The highest BCUT2D eigenvalue weighted by Gasteiger charge is 2.24. The average molecular weight is 412 g/mol. The lowest BCUT2D eigenvalue weighted by Gasteiger charge is -2.18. The molecule has 1 unspecified atom stereocenters. The Labute approximate surface area is 153 Å². The summed E-state index contributed by atoms with van der Waals surface area (Å²) < 4.78 is 18.4. The highest BCUT2D eigenvalue weighted by molar-refractivity contribution is 9.10. The molecule has 6 nitrogen and oxygen atoms in total. The minimum absolute atomic E-state index is 0.0764. The summed E-state index contributed by atoms with van der Waals surface area (Å²) in [6.45, 7) is 3.94. The van der Waals surface area contributed by atoms with Crippen LogP contribution in [0.3, 0.4) is 0 Å². The lowest BCUT2D eigenvalue weighted by molar-refractivity contribution is -0.141. The summed E-state index contributed by atoms with van der Waals surface area (Å²) in [5.41, 5.74) is 1.59. The maximum atomic E-state index is 13.1. The smallest absolute Gasteiger partial charge is 0.307 e. The molecule has 25 heavy (non-hydrogen) atoms. The fourth-order valence-electron chi connectivity index (χ4n) is 2.30. The molecule has 0 radical (unpaired) electrons. The summed E-state index contributed by atoms with van der Waals surface area (Å²) in [6.07, 6.45) is -0.0764. The lowest BCUT2D eigenvalue weighted by Crippen LogP contribution is -2.31. The molecular weight excluding hydrogens is 393 g/mol. The van der Waals surface area contributed by atoms with Gasteiger partial charge in [0.15, 0.2) is 5.69 Å². The number of aromatic amines is 1. The topological polar surface area (TPSA) is 84.1 Å². The van der Waals surface area contributed by atoms with Crippen LogP contribution >= 0.6 is 15.9 Å². The summed E-state index contributed by atoms with van der Waals surface area (Å²) in [6, 6.07) is 4.91. The second kappa shape index (κ2) is 8.24. The summed E-state index contributed by atoms with van der Waals surface area (Å²) in [5, 5.41) is 9.62. The molecule has 2 N–H and O–H groups in total. The Morgan fingerprint density at radius 1 is 1.32 bits per heavy atom. The van der Waals surface area contributed by atoms with Crippen molar-refractivity contribution in [1.82, 2.24) is 15.5 Å². The van der Waals surface area contributed by atoms with Crippen molar-refractivity contribution in [3.05, 3.63) is 51.5 Å². The van der Waals surface area contributed by atoms with Crippen LogP contribution in [0.2, 0.25) is 0 Å². The third-order valence-corrected chi connectivity index (χ3v) is 4.50. The van der Waals surface area contributed by atoms with Gasteiger partial charge >= 0.3 is 5.97 Å². The van der Waals surface area contributed by atoms with Crippen LogP contribution in [0.5, 0.6) is 0 Å². The van der Waals surface area contributed by atoms with Gasteiger partial charge in [-0.1, -0.05) is 26.0 Å². The molecule has 0 aliphatic heterocycles. The first-order valence-corrected chi connectivity index (χ1v) is 8.49. The van der Waals surface area contributed by atoms with E-state index < -0.39 is 23.7 Å². The highest BCUT2D eigenvalue weighted by atomic mass is 79.9. The quantitative estimate of drug-likeness (QED) is 0.712. The van der Waals surface area contributed by atoms with Crippen LogP contribution < -0.4 is 5.32 Å². The number of halogens is 2. The number of carbonyl (C=O) groups excluding carboxylic acids is 2. The molecule has 0 spiro atoms. The van der Waals surface area contributed by atoms with Crippen LogP contribution in [-0.4, -0.2) is 29.2 Å². The number of carbonyl (C=O) groups is 2. The van der Waals surface area contributed by atoms with E-state index in [4.69, 9.17) is 0 Å². The SMILES string of the molecule is COC(=O)CC(NC(=O)c1n[nH]c(C(C)C)c1Br)c1ccc(F)cc1.